The third-order valence-corrected chi connectivity index (χ3v) is 4.61. The summed E-state index contributed by atoms with van der Waals surface area (Å²) in [6, 6.07) is -0.418. The van der Waals surface area contributed by atoms with Gasteiger partial charge in [-0.25, -0.2) is 9.18 Å². The molecule has 150 valence electrons. The van der Waals surface area contributed by atoms with Gasteiger partial charge in [0.05, 0.1) is 25.0 Å². The molecule has 3 rings (SSSR count). The number of amides is 2. The van der Waals surface area contributed by atoms with Crippen LogP contribution in [0.25, 0.3) is 0 Å². The normalized spacial score (nSPS) is 26.3. The van der Waals surface area contributed by atoms with E-state index in [0.717, 1.165) is 0 Å². The lowest BCUT2D eigenvalue weighted by molar-refractivity contribution is -0.121. The third kappa shape index (κ3) is 4.98. The van der Waals surface area contributed by atoms with E-state index in [1.165, 1.54) is 6.08 Å². The number of carbonyl (C=O) groups excluding carboxylic acids is 2. The Morgan fingerprint density at radius 1 is 1.30 bits per heavy atom. The van der Waals surface area contributed by atoms with Crippen LogP contribution in [0.1, 0.15) is 20.8 Å². The first-order chi connectivity index (χ1) is 12.6. The van der Waals surface area contributed by atoms with Crippen molar-refractivity contribution in [1.82, 2.24) is 25.3 Å². The predicted molar refractivity (Wildman–Crippen MR) is 98.1 cm³/mol. The highest BCUT2D eigenvalue weighted by molar-refractivity contribution is 5.84. The van der Waals surface area contributed by atoms with Crippen LogP contribution in [0, 0.1) is 0 Å². The average Bonchev–Trinajstić information content (AvgIpc) is 2.95. The van der Waals surface area contributed by atoms with Crippen molar-refractivity contribution < 1.29 is 18.7 Å². The Morgan fingerprint density at radius 3 is 2.70 bits per heavy atom. The van der Waals surface area contributed by atoms with Crippen molar-refractivity contribution in [1.29, 1.82) is 0 Å². The summed E-state index contributed by atoms with van der Waals surface area (Å²) >= 11 is 0. The SMILES string of the molecule is CN1C=C(NC(=O)C2CN3CCN(C(=O)OC(C)(C)C)CC3N2)C=C(F)C1. The summed E-state index contributed by atoms with van der Waals surface area (Å²) in [5.74, 6) is -0.501. The van der Waals surface area contributed by atoms with Gasteiger partial charge in [0.2, 0.25) is 5.91 Å². The van der Waals surface area contributed by atoms with Gasteiger partial charge in [-0.1, -0.05) is 0 Å². The summed E-state index contributed by atoms with van der Waals surface area (Å²) in [5, 5.41) is 6.03. The minimum absolute atomic E-state index is 0.0997. The van der Waals surface area contributed by atoms with E-state index in [-0.39, 0.29) is 30.5 Å². The number of carbonyl (C=O) groups is 2. The Labute approximate surface area is 159 Å². The van der Waals surface area contributed by atoms with E-state index in [4.69, 9.17) is 4.74 Å². The highest BCUT2D eigenvalue weighted by Crippen LogP contribution is 2.19. The first-order valence-electron chi connectivity index (χ1n) is 9.18. The molecule has 2 N–H and O–H groups in total. The summed E-state index contributed by atoms with van der Waals surface area (Å²) in [6.07, 6.45) is 2.60. The minimum Gasteiger partial charge on any atom is -0.444 e. The largest absolute Gasteiger partial charge is 0.444 e. The maximum atomic E-state index is 13.5. The summed E-state index contributed by atoms with van der Waals surface area (Å²) in [7, 11) is 1.75. The summed E-state index contributed by atoms with van der Waals surface area (Å²) in [6.45, 7) is 7.95. The van der Waals surface area contributed by atoms with Crippen LogP contribution in [0.5, 0.6) is 0 Å². The van der Waals surface area contributed by atoms with Gasteiger partial charge in [0.15, 0.2) is 0 Å². The molecule has 0 saturated carbocycles. The number of likely N-dealkylation sites (N-methyl/N-ethyl adjacent to an activating group) is 1. The molecule has 3 aliphatic rings. The fourth-order valence-electron chi connectivity index (χ4n) is 3.44. The zero-order valence-corrected chi connectivity index (χ0v) is 16.3. The van der Waals surface area contributed by atoms with Crippen molar-refractivity contribution >= 4 is 12.0 Å². The lowest BCUT2D eigenvalue weighted by Gasteiger charge is -2.37. The number of piperazine rings is 1. The number of halogens is 1. The third-order valence-electron chi connectivity index (χ3n) is 4.61. The van der Waals surface area contributed by atoms with Gasteiger partial charge >= 0.3 is 6.09 Å². The van der Waals surface area contributed by atoms with Gasteiger partial charge in [0.25, 0.3) is 0 Å². The molecule has 2 unspecified atom stereocenters. The summed E-state index contributed by atoms with van der Waals surface area (Å²) in [4.78, 5) is 30.3. The van der Waals surface area contributed by atoms with Gasteiger partial charge < -0.3 is 19.9 Å². The number of nitrogens with zero attached hydrogens (tertiary/aromatic N) is 3. The lowest BCUT2D eigenvalue weighted by Crippen LogP contribution is -2.56. The van der Waals surface area contributed by atoms with Crippen LogP contribution in [0.2, 0.25) is 0 Å². The quantitative estimate of drug-likeness (QED) is 0.729. The van der Waals surface area contributed by atoms with E-state index in [1.54, 1.807) is 23.0 Å². The average molecular weight is 381 g/mol. The fraction of sp³-hybridized carbons (Fsp3) is 0.667. The van der Waals surface area contributed by atoms with Crippen LogP contribution >= 0.6 is 0 Å². The van der Waals surface area contributed by atoms with E-state index >= 15 is 0 Å². The van der Waals surface area contributed by atoms with Crippen LogP contribution in [0.4, 0.5) is 9.18 Å². The summed E-state index contributed by atoms with van der Waals surface area (Å²) < 4.78 is 19.0. The molecule has 2 amide bonds. The fourth-order valence-corrected chi connectivity index (χ4v) is 3.44. The molecule has 3 heterocycles. The zero-order valence-electron chi connectivity index (χ0n) is 16.3. The van der Waals surface area contributed by atoms with Gasteiger partial charge in [-0.3, -0.25) is 15.0 Å². The van der Waals surface area contributed by atoms with Gasteiger partial charge in [0.1, 0.15) is 17.5 Å². The molecular weight excluding hydrogens is 353 g/mol. The van der Waals surface area contributed by atoms with Gasteiger partial charge in [-0.05, 0) is 26.8 Å². The Kier molecular flexibility index (Phi) is 5.43. The second-order valence-electron chi connectivity index (χ2n) is 8.24. The highest BCUT2D eigenvalue weighted by Gasteiger charge is 2.40. The van der Waals surface area contributed by atoms with Crippen molar-refractivity contribution in [3.8, 4) is 0 Å². The minimum atomic E-state index is -0.538. The highest BCUT2D eigenvalue weighted by atomic mass is 19.1. The Hall–Kier alpha value is -2.13. The monoisotopic (exact) mass is 381 g/mol. The molecular formula is C18H28FN5O3. The van der Waals surface area contributed by atoms with Gasteiger partial charge in [-0.15, -0.1) is 0 Å². The molecule has 2 saturated heterocycles. The van der Waals surface area contributed by atoms with Crippen LogP contribution in [-0.4, -0.2) is 84.3 Å². The van der Waals surface area contributed by atoms with Gasteiger partial charge in [-0.2, -0.15) is 0 Å². The van der Waals surface area contributed by atoms with Crippen LogP contribution in [-0.2, 0) is 9.53 Å². The topological polar surface area (TPSA) is 77.2 Å². The van der Waals surface area contributed by atoms with E-state index in [0.29, 0.717) is 31.9 Å². The Balaban J connectivity index is 1.55. The van der Waals surface area contributed by atoms with Gasteiger partial charge in [0, 0.05) is 32.9 Å². The molecule has 0 aliphatic carbocycles. The molecule has 0 aromatic heterocycles. The number of fused-ring (bicyclic) bond motifs is 1. The van der Waals surface area contributed by atoms with E-state index in [1.807, 2.05) is 20.8 Å². The zero-order chi connectivity index (χ0) is 19.8. The molecule has 2 fully saturated rings. The van der Waals surface area contributed by atoms with Crippen LogP contribution in [0.3, 0.4) is 0 Å². The molecule has 3 aliphatic heterocycles. The first-order valence-corrected chi connectivity index (χ1v) is 9.18. The van der Waals surface area contributed by atoms with Crippen molar-refractivity contribution in [2.45, 2.75) is 38.6 Å². The predicted octanol–water partition coefficient (Wildman–Crippen LogP) is 0.593. The van der Waals surface area contributed by atoms with Crippen LogP contribution in [0.15, 0.2) is 23.8 Å². The number of ether oxygens (including phenoxy) is 1. The van der Waals surface area contributed by atoms with E-state index in [2.05, 4.69) is 15.5 Å². The standard InChI is InChI=1S/C18H28FN5O3/c1-18(2,3)27-17(26)24-6-5-23-10-14(21-15(23)11-24)16(25)20-13-7-12(19)8-22(4)9-13/h7,9,14-15,21H,5-6,8,10-11H2,1-4H3,(H,20,25). The van der Waals surface area contributed by atoms with Crippen molar-refractivity contribution in [2.75, 3.05) is 39.8 Å². The van der Waals surface area contributed by atoms with E-state index in [9.17, 15) is 14.0 Å². The first kappa shape index (κ1) is 19.6. The Morgan fingerprint density at radius 2 is 2.04 bits per heavy atom. The molecule has 0 aromatic carbocycles. The number of nitrogens with one attached hydrogen (secondary N) is 2. The second kappa shape index (κ2) is 7.47. The molecule has 2 atom stereocenters. The lowest BCUT2D eigenvalue weighted by atomic mass is 10.2. The number of hydrogen-bond donors (Lipinski definition) is 2. The second-order valence-corrected chi connectivity index (χ2v) is 8.24. The molecule has 0 aromatic rings. The number of hydrogen-bond acceptors (Lipinski definition) is 6. The number of rotatable bonds is 2. The van der Waals surface area contributed by atoms with Crippen LogP contribution < -0.4 is 10.6 Å². The molecule has 0 radical (unpaired) electrons. The number of allylic oxidation sites excluding steroid dienone is 1. The Bertz CT molecular complexity index is 672. The molecule has 27 heavy (non-hydrogen) atoms. The van der Waals surface area contributed by atoms with Crippen molar-refractivity contribution in [3.05, 3.63) is 23.8 Å². The van der Waals surface area contributed by atoms with Crippen molar-refractivity contribution in [2.24, 2.45) is 0 Å². The molecule has 0 bridgehead atoms. The molecule has 0 spiro atoms. The molecule has 8 nitrogen and oxygen atoms in total. The maximum Gasteiger partial charge on any atom is 0.410 e. The maximum absolute atomic E-state index is 13.5. The van der Waals surface area contributed by atoms with Crippen molar-refractivity contribution in [3.63, 3.8) is 0 Å². The smallest absolute Gasteiger partial charge is 0.410 e. The van der Waals surface area contributed by atoms with E-state index < -0.39 is 11.6 Å². The molecule has 9 heteroatoms. The summed E-state index contributed by atoms with van der Waals surface area (Å²) in [5.41, 5.74) is -0.100.